The number of nitrogens with zero attached hydrogens (tertiary/aromatic N) is 1. The van der Waals surface area contributed by atoms with Crippen LogP contribution in [0.5, 0.6) is 0 Å². The summed E-state index contributed by atoms with van der Waals surface area (Å²) in [5.74, 6) is -2.27. The first-order valence-electron chi connectivity index (χ1n) is 10.6. The highest BCUT2D eigenvalue weighted by Crippen LogP contribution is 2.44. The Bertz CT molecular complexity index is 993. The van der Waals surface area contributed by atoms with Crippen molar-refractivity contribution >= 4 is 18.0 Å². The number of hydrogen-bond donors (Lipinski definition) is 2. The van der Waals surface area contributed by atoms with Crippen LogP contribution in [0.2, 0.25) is 0 Å². The fourth-order valence-corrected chi connectivity index (χ4v) is 4.51. The third-order valence-corrected chi connectivity index (χ3v) is 6.26. The molecule has 0 radical (unpaired) electrons. The Kier molecular flexibility index (Phi) is 6.14. The summed E-state index contributed by atoms with van der Waals surface area (Å²) < 4.78 is 10.7. The number of fused-ring (bicyclic) bond motifs is 3. The van der Waals surface area contributed by atoms with E-state index in [0.717, 1.165) is 22.3 Å². The van der Waals surface area contributed by atoms with Crippen LogP contribution in [0.25, 0.3) is 11.1 Å². The predicted octanol–water partition coefficient (Wildman–Crippen LogP) is 2.47. The molecule has 1 aliphatic heterocycles. The molecule has 0 saturated carbocycles. The summed E-state index contributed by atoms with van der Waals surface area (Å²) in [6.07, 6.45) is -0.696. The molecule has 8 nitrogen and oxygen atoms in total. The van der Waals surface area contributed by atoms with Crippen molar-refractivity contribution in [3.8, 4) is 11.1 Å². The lowest BCUT2D eigenvalue weighted by molar-refractivity contribution is -0.144. The molecule has 1 heterocycles. The van der Waals surface area contributed by atoms with Crippen molar-refractivity contribution in [2.75, 3.05) is 26.9 Å². The number of carbonyl (C=O) groups is 3. The number of nitrogens with one attached hydrogen (secondary N) is 1. The maximum absolute atomic E-state index is 12.7. The summed E-state index contributed by atoms with van der Waals surface area (Å²) in [4.78, 5) is 37.9. The first-order chi connectivity index (χ1) is 15.4. The SMILES string of the molecule is C[C@@H](NC(=O)OCC1c2ccccc2-c2ccccc21)C(=O)N(C)C1COCC1C(=O)O. The molecule has 3 atom stereocenters. The van der Waals surface area contributed by atoms with Gasteiger partial charge in [-0.25, -0.2) is 4.79 Å². The Labute approximate surface area is 186 Å². The average Bonchev–Trinajstić information content (AvgIpc) is 3.40. The lowest BCUT2D eigenvalue weighted by Gasteiger charge is -2.29. The number of likely N-dealkylation sites (N-methyl/N-ethyl adjacent to an activating group) is 1. The van der Waals surface area contributed by atoms with E-state index >= 15 is 0 Å². The van der Waals surface area contributed by atoms with Crippen LogP contribution in [0.4, 0.5) is 4.79 Å². The molecular weight excluding hydrogens is 412 g/mol. The Hall–Kier alpha value is -3.39. The van der Waals surface area contributed by atoms with Crippen molar-refractivity contribution in [1.29, 1.82) is 0 Å². The van der Waals surface area contributed by atoms with Crippen molar-refractivity contribution in [2.24, 2.45) is 5.92 Å². The first kappa shape index (κ1) is 21.8. The number of carboxylic acid groups (broad SMARTS) is 1. The molecule has 0 bridgehead atoms. The minimum atomic E-state index is -1.01. The summed E-state index contributed by atoms with van der Waals surface area (Å²) in [6, 6.07) is 14.6. The van der Waals surface area contributed by atoms with Gasteiger partial charge in [-0.15, -0.1) is 0 Å². The van der Waals surface area contributed by atoms with E-state index < -0.39 is 36.0 Å². The molecule has 2 amide bonds. The fraction of sp³-hybridized carbons (Fsp3) is 0.375. The zero-order chi connectivity index (χ0) is 22.8. The zero-order valence-electron chi connectivity index (χ0n) is 18.0. The molecule has 2 aliphatic rings. The van der Waals surface area contributed by atoms with Gasteiger partial charge in [-0.2, -0.15) is 0 Å². The largest absolute Gasteiger partial charge is 0.481 e. The van der Waals surface area contributed by atoms with E-state index in [0.29, 0.717) is 0 Å². The highest BCUT2D eigenvalue weighted by Gasteiger charge is 2.39. The highest BCUT2D eigenvalue weighted by molar-refractivity contribution is 5.86. The lowest BCUT2D eigenvalue weighted by Crippen LogP contribution is -2.52. The Morgan fingerprint density at radius 1 is 1.09 bits per heavy atom. The van der Waals surface area contributed by atoms with Crippen molar-refractivity contribution in [3.05, 3.63) is 59.7 Å². The minimum absolute atomic E-state index is 0.0613. The standard InChI is InChI=1S/C24H26N2O6/c1-14(22(27)26(2)21-13-31-11-20(21)23(28)29)25-24(30)32-12-19-17-9-5-3-7-15(17)16-8-4-6-10-18(16)19/h3-10,14,19-21H,11-13H2,1-2H3,(H,25,30)(H,28,29)/t14-,20?,21?/m1/s1. The molecule has 168 valence electrons. The molecule has 2 N–H and O–H groups in total. The molecule has 2 unspecified atom stereocenters. The second-order valence-corrected chi connectivity index (χ2v) is 8.19. The second-order valence-electron chi connectivity index (χ2n) is 8.19. The summed E-state index contributed by atoms with van der Waals surface area (Å²) in [5.41, 5.74) is 4.47. The van der Waals surface area contributed by atoms with Crippen LogP contribution in [-0.2, 0) is 19.1 Å². The van der Waals surface area contributed by atoms with E-state index in [9.17, 15) is 19.5 Å². The average molecular weight is 438 g/mol. The van der Waals surface area contributed by atoms with Gasteiger partial charge in [0.2, 0.25) is 5.91 Å². The van der Waals surface area contributed by atoms with Crippen LogP contribution in [0.1, 0.15) is 24.0 Å². The lowest BCUT2D eigenvalue weighted by atomic mass is 9.98. The number of aliphatic carboxylic acids is 1. The van der Waals surface area contributed by atoms with E-state index in [1.165, 1.54) is 11.9 Å². The predicted molar refractivity (Wildman–Crippen MR) is 116 cm³/mol. The third kappa shape index (κ3) is 4.05. The monoisotopic (exact) mass is 438 g/mol. The van der Waals surface area contributed by atoms with Crippen LogP contribution < -0.4 is 5.32 Å². The summed E-state index contributed by atoms with van der Waals surface area (Å²) in [6.45, 7) is 1.91. The van der Waals surface area contributed by atoms with Gasteiger partial charge in [0.1, 0.15) is 18.6 Å². The van der Waals surface area contributed by atoms with Crippen LogP contribution in [0.15, 0.2) is 48.5 Å². The zero-order valence-corrected chi connectivity index (χ0v) is 18.0. The van der Waals surface area contributed by atoms with E-state index in [4.69, 9.17) is 9.47 Å². The van der Waals surface area contributed by atoms with E-state index in [2.05, 4.69) is 17.4 Å². The molecule has 1 fully saturated rings. The van der Waals surface area contributed by atoms with Gasteiger partial charge in [0.05, 0.1) is 19.3 Å². The van der Waals surface area contributed by atoms with Gasteiger partial charge in [-0.1, -0.05) is 48.5 Å². The molecule has 0 spiro atoms. The van der Waals surface area contributed by atoms with Crippen molar-refractivity contribution in [3.63, 3.8) is 0 Å². The molecule has 2 aromatic carbocycles. The highest BCUT2D eigenvalue weighted by atomic mass is 16.5. The second kappa shape index (κ2) is 9.00. The Balaban J connectivity index is 1.36. The number of carbonyl (C=O) groups excluding carboxylic acids is 2. The maximum Gasteiger partial charge on any atom is 0.407 e. The minimum Gasteiger partial charge on any atom is -0.481 e. The smallest absolute Gasteiger partial charge is 0.407 e. The number of carboxylic acids is 1. The topological polar surface area (TPSA) is 105 Å². The van der Waals surface area contributed by atoms with Gasteiger partial charge in [0.25, 0.3) is 0 Å². The van der Waals surface area contributed by atoms with Gasteiger partial charge >= 0.3 is 12.1 Å². The summed E-state index contributed by atoms with van der Waals surface area (Å²) >= 11 is 0. The molecule has 8 heteroatoms. The van der Waals surface area contributed by atoms with E-state index in [1.807, 2.05) is 36.4 Å². The summed E-state index contributed by atoms with van der Waals surface area (Å²) in [7, 11) is 1.52. The van der Waals surface area contributed by atoms with Gasteiger partial charge in [-0.3, -0.25) is 9.59 Å². The fourth-order valence-electron chi connectivity index (χ4n) is 4.51. The quantitative estimate of drug-likeness (QED) is 0.718. The maximum atomic E-state index is 12.7. The normalized spacial score (nSPS) is 20.2. The van der Waals surface area contributed by atoms with E-state index in [-0.39, 0.29) is 25.7 Å². The van der Waals surface area contributed by atoms with Gasteiger partial charge in [-0.05, 0) is 29.2 Å². The Morgan fingerprint density at radius 2 is 1.69 bits per heavy atom. The molecule has 2 aromatic rings. The van der Waals surface area contributed by atoms with Gasteiger partial charge in [0, 0.05) is 13.0 Å². The van der Waals surface area contributed by atoms with Crippen LogP contribution in [-0.4, -0.2) is 66.9 Å². The number of rotatable bonds is 6. The van der Waals surface area contributed by atoms with Crippen LogP contribution in [0, 0.1) is 5.92 Å². The number of amides is 2. The number of alkyl carbamates (subject to hydrolysis) is 1. The van der Waals surface area contributed by atoms with Gasteiger partial charge in [0.15, 0.2) is 0 Å². The van der Waals surface area contributed by atoms with Crippen LogP contribution in [0.3, 0.4) is 0 Å². The third-order valence-electron chi connectivity index (χ3n) is 6.26. The molecule has 0 aromatic heterocycles. The van der Waals surface area contributed by atoms with Gasteiger partial charge < -0.3 is 24.8 Å². The van der Waals surface area contributed by atoms with Crippen molar-refractivity contribution < 1.29 is 29.0 Å². The number of benzene rings is 2. The number of ether oxygens (including phenoxy) is 2. The summed E-state index contributed by atoms with van der Waals surface area (Å²) in [5, 5.41) is 11.9. The number of hydrogen-bond acceptors (Lipinski definition) is 5. The van der Waals surface area contributed by atoms with Crippen LogP contribution >= 0.6 is 0 Å². The molecule has 1 aliphatic carbocycles. The van der Waals surface area contributed by atoms with Crippen molar-refractivity contribution in [2.45, 2.75) is 24.9 Å². The first-order valence-corrected chi connectivity index (χ1v) is 10.6. The molecule has 4 rings (SSSR count). The molecule has 32 heavy (non-hydrogen) atoms. The Morgan fingerprint density at radius 3 is 2.28 bits per heavy atom. The van der Waals surface area contributed by atoms with E-state index in [1.54, 1.807) is 6.92 Å². The van der Waals surface area contributed by atoms with Crippen molar-refractivity contribution in [1.82, 2.24) is 10.2 Å². The molecular formula is C24H26N2O6. The molecule has 1 saturated heterocycles.